The van der Waals surface area contributed by atoms with Crippen molar-refractivity contribution in [2.45, 2.75) is 13.8 Å². The summed E-state index contributed by atoms with van der Waals surface area (Å²) in [6, 6.07) is 7.16. The van der Waals surface area contributed by atoms with Gasteiger partial charge in [0.2, 0.25) is 0 Å². The summed E-state index contributed by atoms with van der Waals surface area (Å²) in [6.07, 6.45) is 0. The van der Waals surface area contributed by atoms with Gasteiger partial charge < -0.3 is 0 Å². The van der Waals surface area contributed by atoms with E-state index in [1.807, 2.05) is 13.0 Å². The number of rotatable bonds is 3. The second-order valence-corrected chi connectivity index (χ2v) is 2.65. The molecule has 13 heavy (non-hydrogen) atoms. The first-order valence-corrected chi connectivity index (χ1v) is 4.14. The smallest absolute Gasteiger partial charge is 0.293 e. The van der Waals surface area contributed by atoms with E-state index in [0.29, 0.717) is 12.2 Å². The van der Waals surface area contributed by atoms with E-state index < -0.39 is 5.97 Å². The first-order valence-electron chi connectivity index (χ1n) is 4.14. The van der Waals surface area contributed by atoms with Crippen LogP contribution in [0.4, 0.5) is 0 Å². The summed E-state index contributed by atoms with van der Waals surface area (Å²) in [5.41, 5.74) is 1.53. The molecule has 0 spiro atoms. The zero-order chi connectivity index (χ0) is 9.68. The van der Waals surface area contributed by atoms with Crippen LogP contribution in [0.2, 0.25) is 0 Å². The number of hydrogen-bond acceptors (Lipinski definition) is 3. The van der Waals surface area contributed by atoms with Gasteiger partial charge in [-0.3, -0.25) is 4.89 Å². The molecule has 0 aliphatic carbocycles. The zero-order valence-electron chi connectivity index (χ0n) is 7.74. The molecule has 70 valence electrons. The van der Waals surface area contributed by atoms with Crippen LogP contribution in [0.1, 0.15) is 22.8 Å². The van der Waals surface area contributed by atoms with E-state index >= 15 is 0 Å². The van der Waals surface area contributed by atoms with Gasteiger partial charge in [0.05, 0.1) is 12.2 Å². The van der Waals surface area contributed by atoms with Crippen LogP contribution in [-0.4, -0.2) is 12.6 Å². The van der Waals surface area contributed by atoms with E-state index in [9.17, 15) is 4.79 Å². The molecule has 0 unspecified atom stereocenters. The van der Waals surface area contributed by atoms with Gasteiger partial charge in [-0.15, -0.1) is 0 Å². The Balaban J connectivity index is 2.66. The highest BCUT2D eigenvalue weighted by atomic mass is 17.2. The van der Waals surface area contributed by atoms with E-state index in [0.717, 1.165) is 5.56 Å². The Morgan fingerprint density at radius 2 is 2.23 bits per heavy atom. The van der Waals surface area contributed by atoms with Crippen molar-refractivity contribution >= 4 is 5.97 Å². The van der Waals surface area contributed by atoms with E-state index in [1.54, 1.807) is 25.1 Å². The molecule has 3 nitrogen and oxygen atoms in total. The molecule has 3 heteroatoms. The summed E-state index contributed by atoms with van der Waals surface area (Å²) >= 11 is 0. The highest BCUT2D eigenvalue weighted by molar-refractivity contribution is 5.89. The summed E-state index contributed by atoms with van der Waals surface area (Å²) in [5, 5.41) is 0. The van der Waals surface area contributed by atoms with E-state index in [1.165, 1.54) is 0 Å². The van der Waals surface area contributed by atoms with Crippen LogP contribution in [0, 0.1) is 6.92 Å². The molecule has 0 heterocycles. The van der Waals surface area contributed by atoms with E-state index in [4.69, 9.17) is 0 Å². The fourth-order valence-corrected chi connectivity index (χ4v) is 0.933. The Morgan fingerprint density at radius 1 is 1.46 bits per heavy atom. The van der Waals surface area contributed by atoms with Gasteiger partial charge in [-0.05, 0) is 26.0 Å². The lowest BCUT2D eigenvalue weighted by Crippen LogP contribution is -2.05. The van der Waals surface area contributed by atoms with Crippen molar-refractivity contribution < 1.29 is 14.6 Å². The first-order chi connectivity index (χ1) is 6.24. The fraction of sp³-hybridized carbons (Fsp3) is 0.300. The molecule has 0 atom stereocenters. The van der Waals surface area contributed by atoms with Gasteiger partial charge in [0.25, 0.3) is 0 Å². The van der Waals surface area contributed by atoms with Crippen LogP contribution in [0.3, 0.4) is 0 Å². The Kier molecular flexibility index (Phi) is 3.46. The predicted molar refractivity (Wildman–Crippen MR) is 48.2 cm³/mol. The fourth-order valence-electron chi connectivity index (χ4n) is 0.933. The molecule has 0 saturated heterocycles. The Hall–Kier alpha value is -1.35. The van der Waals surface area contributed by atoms with Crippen molar-refractivity contribution in [3.63, 3.8) is 0 Å². The highest BCUT2D eigenvalue weighted by Gasteiger charge is 2.06. The predicted octanol–water partition coefficient (Wildman–Crippen LogP) is 2.10. The summed E-state index contributed by atoms with van der Waals surface area (Å²) in [6.45, 7) is 4.03. The Labute approximate surface area is 77.2 Å². The van der Waals surface area contributed by atoms with Gasteiger partial charge in [0, 0.05) is 0 Å². The van der Waals surface area contributed by atoms with E-state index in [2.05, 4.69) is 9.78 Å². The highest BCUT2D eigenvalue weighted by Crippen LogP contribution is 2.05. The summed E-state index contributed by atoms with van der Waals surface area (Å²) in [4.78, 5) is 20.2. The van der Waals surface area contributed by atoms with Crippen LogP contribution in [-0.2, 0) is 9.78 Å². The molecular weight excluding hydrogens is 168 g/mol. The normalized spacial score (nSPS) is 9.69. The minimum absolute atomic E-state index is 0.359. The number of aryl methyl sites for hydroxylation is 1. The van der Waals surface area contributed by atoms with Gasteiger partial charge in [-0.2, -0.15) is 4.89 Å². The average molecular weight is 180 g/mol. The molecule has 0 N–H and O–H groups in total. The quantitative estimate of drug-likeness (QED) is 0.528. The molecule has 0 saturated carbocycles. The maximum absolute atomic E-state index is 11.2. The number of hydrogen-bond donors (Lipinski definition) is 0. The molecule has 1 rings (SSSR count). The number of benzene rings is 1. The summed E-state index contributed by atoms with van der Waals surface area (Å²) in [7, 11) is 0. The minimum atomic E-state index is -0.453. The lowest BCUT2D eigenvalue weighted by molar-refractivity contribution is -0.236. The monoisotopic (exact) mass is 180 g/mol. The number of carbonyl (C=O) groups excluding carboxylic acids is 1. The molecule has 0 aliphatic rings. The zero-order valence-corrected chi connectivity index (χ0v) is 7.74. The SMILES string of the molecule is CCOOC(=O)c1cccc(C)c1. The van der Waals surface area contributed by atoms with Crippen LogP contribution < -0.4 is 0 Å². The van der Waals surface area contributed by atoms with Crippen LogP contribution in [0.25, 0.3) is 0 Å². The maximum Gasteiger partial charge on any atom is 0.373 e. The topological polar surface area (TPSA) is 35.5 Å². The largest absolute Gasteiger partial charge is 0.373 e. The van der Waals surface area contributed by atoms with Gasteiger partial charge in [-0.25, -0.2) is 4.79 Å². The molecule has 1 aromatic carbocycles. The summed E-state index contributed by atoms with van der Waals surface area (Å²) < 4.78 is 0. The molecule has 1 aromatic rings. The molecule has 0 aromatic heterocycles. The first kappa shape index (κ1) is 9.74. The molecule has 0 fully saturated rings. The van der Waals surface area contributed by atoms with E-state index in [-0.39, 0.29) is 0 Å². The van der Waals surface area contributed by atoms with Crippen LogP contribution in [0.15, 0.2) is 24.3 Å². The van der Waals surface area contributed by atoms with Crippen molar-refractivity contribution in [1.29, 1.82) is 0 Å². The Morgan fingerprint density at radius 3 is 2.85 bits per heavy atom. The Bertz CT molecular complexity index is 294. The van der Waals surface area contributed by atoms with Crippen molar-refractivity contribution in [3.8, 4) is 0 Å². The van der Waals surface area contributed by atoms with Gasteiger partial charge >= 0.3 is 5.97 Å². The third kappa shape index (κ3) is 2.87. The lowest BCUT2D eigenvalue weighted by atomic mass is 10.1. The third-order valence-electron chi connectivity index (χ3n) is 1.51. The molecule has 0 radical (unpaired) electrons. The second-order valence-electron chi connectivity index (χ2n) is 2.65. The second kappa shape index (κ2) is 4.62. The third-order valence-corrected chi connectivity index (χ3v) is 1.51. The van der Waals surface area contributed by atoms with Crippen molar-refractivity contribution in [3.05, 3.63) is 35.4 Å². The van der Waals surface area contributed by atoms with Gasteiger partial charge in [0.1, 0.15) is 0 Å². The van der Waals surface area contributed by atoms with Crippen LogP contribution in [0.5, 0.6) is 0 Å². The maximum atomic E-state index is 11.2. The van der Waals surface area contributed by atoms with Gasteiger partial charge in [-0.1, -0.05) is 17.7 Å². The van der Waals surface area contributed by atoms with Crippen molar-refractivity contribution in [2.75, 3.05) is 6.61 Å². The van der Waals surface area contributed by atoms with Crippen LogP contribution >= 0.6 is 0 Å². The molecule has 0 bridgehead atoms. The van der Waals surface area contributed by atoms with Gasteiger partial charge in [0.15, 0.2) is 0 Å². The minimum Gasteiger partial charge on any atom is -0.293 e. The molecule has 0 amide bonds. The number of carbonyl (C=O) groups is 1. The lowest BCUT2D eigenvalue weighted by Gasteiger charge is -2.01. The standard InChI is InChI=1S/C10H12O3/c1-3-12-13-10(11)9-6-4-5-8(2)7-9/h4-7H,3H2,1-2H3. The summed E-state index contributed by atoms with van der Waals surface area (Å²) in [5.74, 6) is -0.453. The molecule has 0 aliphatic heterocycles. The average Bonchev–Trinajstić information content (AvgIpc) is 2.14. The molecular formula is C10H12O3. The van der Waals surface area contributed by atoms with Crippen molar-refractivity contribution in [1.82, 2.24) is 0 Å². The van der Waals surface area contributed by atoms with Crippen molar-refractivity contribution in [2.24, 2.45) is 0 Å².